The zero-order valence-corrected chi connectivity index (χ0v) is 46.1. The monoisotopic (exact) mass is 1070 g/mol. The molecule has 11 atom stereocenters. The number of esters is 2. The minimum absolute atomic E-state index is 0.0157. The Morgan fingerprint density at radius 2 is 1.66 bits per heavy atom. The first-order chi connectivity index (χ1) is 38.6. The summed E-state index contributed by atoms with van der Waals surface area (Å²) in [6.07, 6.45) is 16.9. The summed E-state index contributed by atoms with van der Waals surface area (Å²) in [5, 5.41) is 32.4. The molecule has 0 unspecified atom stereocenters. The molecule has 0 saturated heterocycles. The van der Waals surface area contributed by atoms with Gasteiger partial charge in [0.15, 0.2) is 17.8 Å². The van der Waals surface area contributed by atoms with Gasteiger partial charge < -0.3 is 38.7 Å². The van der Waals surface area contributed by atoms with E-state index in [1.165, 1.54) is 60.6 Å². The van der Waals surface area contributed by atoms with Crippen LogP contribution < -0.4 is 10.4 Å². The van der Waals surface area contributed by atoms with Gasteiger partial charge >= 0.3 is 17.6 Å². The third-order valence-electron chi connectivity index (χ3n) is 20.4. The summed E-state index contributed by atoms with van der Waals surface area (Å²) in [5.74, 6) is -0.584. The maximum atomic E-state index is 15.7. The van der Waals surface area contributed by atoms with Gasteiger partial charge in [-0.2, -0.15) is 0 Å². The Morgan fingerprint density at radius 3 is 2.48 bits per heavy atom. The minimum Gasteiger partial charge on any atom is -0.482 e. The van der Waals surface area contributed by atoms with Gasteiger partial charge in [-0.05, 0) is 170 Å². The van der Waals surface area contributed by atoms with Crippen LogP contribution in [0.4, 0.5) is 0 Å². The van der Waals surface area contributed by atoms with E-state index in [0.29, 0.717) is 53.0 Å². The Hall–Kier alpha value is -5.85. The van der Waals surface area contributed by atoms with Crippen LogP contribution in [0, 0.1) is 23.7 Å². The Bertz CT molecular complexity index is 3200. The third kappa shape index (κ3) is 9.62. The maximum Gasteiger partial charge on any atom is 0.340 e. The molecule has 0 radical (unpaired) electrons. The lowest BCUT2D eigenvalue weighted by Crippen LogP contribution is -2.62. The van der Waals surface area contributed by atoms with Crippen LogP contribution in [-0.4, -0.2) is 65.9 Å². The van der Waals surface area contributed by atoms with Crippen molar-refractivity contribution in [3.8, 4) is 5.75 Å². The first-order valence-electron chi connectivity index (χ1n) is 29.7. The zero-order valence-electron chi connectivity index (χ0n) is 46.1. The molecule has 5 aromatic rings. The second-order valence-corrected chi connectivity index (χ2v) is 24.4. The van der Waals surface area contributed by atoms with Crippen molar-refractivity contribution in [1.29, 1.82) is 0 Å². The van der Waals surface area contributed by atoms with Gasteiger partial charge in [-0.25, -0.2) is 9.59 Å². The van der Waals surface area contributed by atoms with Crippen LogP contribution in [0.1, 0.15) is 184 Å². The number of rotatable bonds is 9. The smallest absolute Gasteiger partial charge is 0.340 e. The molecule has 3 aliphatic heterocycles. The van der Waals surface area contributed by atoms with E-state index in [2.05, 4.69) is 84.9 Å². The van der Waals surface area contributed by atoms with Crippen LogP contribution in [0.2, 0.25) is 0 Å². The molecule has 79 heavy (non-hydrogen) atoms. The highest BCUT2D eigenvalue weighted by Gasteiger charge is 2.61. The van der Waals surface area contributed by atoms with Crippen LogP contribution in [0.3, 0.4) is 0 Å². The quantitative estimate of drug-likeness (QED) is 0.0557. The van der Waals surface area contributed by atoms with Gasteiger partial charge in [0, 0.05) is 60.3 Å². The number of aliphatic hydroxyl groups is 3. The molecule has 1 spiro atoms. The van der Waals surface area contributed by atoms with E-state index in [-0.39, 0.29) is 84.4 Å². The lowest BCUT2D eigenvalue weighted by Gasteiger charge is -2.54. The van der Waals surface area contributed by atoms with Crippen LogP contribution in [0.5, 0.6) is 5.75 Å². The molecule has 0 amide bonds. The lowest BCUT2D eigenvalue weighted by atomic mass is 9.54. The Kier molecular flexibility index (Phi) is 15.4. The number of fused-ring (bicyclic) bond motifs is 16. The fourth-order valence-electron chi connectivity index (χ4n) is 16.6. The number of hydrogen-bond donors (Lipinski definition) is 3. The second-order valence-electron chi connectivity index (χ2n) is 24.4. The summed E-state index contributed by atoms with van der Waals surface area (Å²) >= 11 is 0. The molecule has 11 nitrogen and oxygen atoms in total. The Balaban J connectivity index is 0.988. The fraction of sp³-hybridized carbons (Fsp3) is 0.515. The van der Waals surface area contributed by atoms with Crippen LogP contribution in [-0.2, 0) is 48.7 Å². The minimum atomic E-state index is -1.30. The van der Waals surface area contributed by atoms with Crippen LogP contribution in [0.15, 0.2) is 117 Å². The maximum absolute atomic E-state index is 15.7. The third-order valence-corrected chi connectivity index (χ3v) is 20.4. The first-order valence-corrected chi connectivity index (χ1v) is 29.7. The summed E-state index contributed by atoms with van der Waals surface area (Å²) in [4.78, 5) is 45.4. The Labute approximate surface area is 464 Å². The van der Waals surface area contributed by atoms with Crippen LogP contribution >= 0.6 is 0 Å². The van der Waals surface area contributed by atoms with Gasteiger partial charge in [0.1, 0.15) is 11.3 Å². The van der Waals surface area contributed by atoms with Crippen molar-refractivity contribution >= 4 is 22.9 Å². The van der Waals surface area contributed by atoms with E-state index < -0.39 is 47.9 Å². The number of carbonyl (C=O) groups is 2. The molecule has 13 rings (SSSR count). The number of aryl methyl sites for hydroxylation is 2. The van der Waals surface area contributed by atoms with Crippen molar-refractivity contribution in [2.75, 3.05) is 26.9 Å². The summed E-state index contributed by atoms with van der Waals surface area (Å²) in [6.45, 7) is 0.751. The molecule has 3 fully saturated rings. The van der Waals surface area contributed by atoms with Gasteiger partial charge in [0.05, 0.1) is 25.4 Å². The molecule has 416 valence electrons. The number of allylic oxidation sites excluding steroid dienone is 1. The molecular formula is C68H78O11. The standard InChI is InChI=1S/C68H78O11/c1-41(38-70)52-27-21-42-19-22-43(23-20-42)53-28-25-47(46-13-9-16-51(36-46)67-32-8-7-15-50(67)26-24-45-12-3-5-17-56(45)67)35-49(53)37-59(72)76-63-61-58(79-68(64(63)78-65(52)73)33-10-14-44-11-4-6-18-57(44)68)30-29-54-55(39-71)60(66(74)77-62(54)61)48(31-34-69)40-75-2/h3,5,9-10,12-14,16-17,19-20,22-23,29-30,36,44,47-50,53,57,63-64,69-71H,4,6-8,11,15,18,21,24-28,31-35,37-40H2,1-2H3/b52-41-/t44-,47-,48+,49-,50+,53-,57-,63+,64-,67+,68-/m0/s1. The first kappa shape index (κ1) is 53.8. The topological polar surface area (TPSA) is 162 Å². The van der Waals surface area contributed by atoms with Crippen molar-refractivity contribution in [2.24, 2.45) is 23.7 Å². The summed E-state index contributed by atoms with van der Waals surface area (Å²) in [6, 6.07) is 30.9. The molecule has 8 aliphatic rings. The molecule has 3 N–H and O–H groups in total. The lowest BCUT2D eigenvalue weighted by molar-refractivity contribution is -0.208. The molecular weight excluding hydrogens is 993 g/mol. The number of carbonyl (C=O) groups excluding carboxylic acids is 2. The van der Waals surface area contributed by atoms with E-state index in [4.69, 9.17) is 23.4 Å². The summed E-state index contributed by atoms with van der Waals surface area (Å²) in [5.41, 5.74) is 7.71. The number of benzene rings is 4. The van der Waals surface area contributed by atoms with Gasteiger partial charge in [-0.1, -0.05) is 111 Å². The molecule has 11 heteroatoms. The van der Waals surface area contributed by atoms with Gasteiger partial charge in [-0.3, -0.25) is 4.79 Å². The molecule has 2 bridgehead atoms. The summed E-state index contributed by atoms with van der Waals surface area (Å²) in [7, 11) is 1.52. The fourth-order valence-corrected chi connectivity index (χ4v) is 16.6. The zero-order chi connectivity index (χ0) is 54.4. The second kappa shape index (κ2) is 22.6. The average Bonchev–Trinajstić information content (AvgIpc) is 3.51. The Morgan fingerprint density at radius 1 is 0.823 bits per heavy atom. The molecule has 4 aromatic carbocycles. The number of hydrogen-bond acceptors (Lipinski definition) is 11. The normalized spacial score (nSPS) is 30.6. The van der Waals surface area contributed by atoms with E-state index in [9.17, 15) is 20.1 Å². The molecule has 3 saturated carbocycles. The van der Waals surface area contributed by atoms with Crippen molar-refractivity contribution in [1.82, 2.24) is 0 Å². The highest BCUT2D eigenvalue weighted by molar-refractivity contribution is 5.90. The summed E-state index contributed by atoms with van der Waals surface area (Å²) < 4.78 is 33.4. The number of ether oxygens (including phenoxy) is 4. The van der Waals surface area contributed by atoms with E-state index in [1.807, 2.05) is 6.07 Å². The largest absolute Gasteiger partial charge is 0.482 e. The van der Waals surface area contributed by atoms with Crippen LogP contribution in [0.25, 0.3) is 11.0 Å². The molecule has 4 heterocycles. The van der Waals surface area contributed by atoms with Gasteiger partial charge in [0.2, 0.25) is 0 Å². The highest BCUT2D eigenvalue weighted by atomic mass is 16.6. The predicted molar refractivity (Wildman–Crippen MR) is 302 cm³/mol. The predicted octanol–water partition coefficient (Wildman–Crippen LogP) is 12.2. The molecule has 5 aliphatic carbocycles. The average molecular weight is 1070 g/mol. The van der Waals surface area contributed by atoms with Crippen molar-refractivity contribution < 1.29 is 48.3 Å². The number of aliphatic hydroxyl groups excluding tert-OH is 3. The number of methoxy groups -OCH3 is 1. The van der Waals surface area contributed by atoms with E-state index in [1.54, 1.807) is 13.0 Å². The van der Waals surface area contributed by atoms with Crippen molar-refractivity contribution in [3.63, 3.8) is 0 Å². The van der Waals surface area contributed by atoms with Gasteiger partial charge in [-0.15, -0.1) is 0 Å². The van der Waals surface area contributed by atoms with Gasteiger partial charge in [0.25, 0.3) is 0 Å². The SMILES string of the molecule is COC[C@@H](CCO)c1c(CO)c2ccc3c(c2oc1=O)[C@H]1OC(=O)C[C@@H]2C[C@@H](c4cccc([C@@]56CCCC[C@@H]5CCc5ccccc56)c4)CC[C@H]2c2ccc(cc2)CC/C(=C(\C)CO)C(=O)O[C@@H]1[C@@]1(CC=C[C@@H]2CCCC[C@@H]21)O3. The highest BCUT2D eigenvalue weighted by Crippen LogP contribution is 2.58. The van der Waals surface area contributed by atoms with E-state index >= 15 is 9.59 Å². The van der Waals surface area contributed by atoms with Crippen molar-refractivity contribution in [3.05, 3.63) is 169 Å². The molecule has 1 aromatic heterocycles. The van der Waals surface area contributed by atoms with E-state index in [0.717, 1.165) is 63.4 Å². The van der Waals surface area contributed by atoms with Crippen molar-refractivity contribution in [2.45, 2.75) is 170 Å².